The lowest BCUT2D eigenvalue weighted by Crippen LogP contribution is -2.54. The molecule has 0 radical (unpaired) electrons. The molecule has 17 heavy (non-hydrogen) atoms. The predicted octanol–water partition coefficient (Wildman–Crippen LogP) is -1.98. The van der Waals surface area contributed by atoms with Crippen molar-refractivity contribution in [1.29, 1.82) is 0 Å². The molecule has 2 fully saturated rings. The lowest BCUT2D eigenvalue weighted by molar-refractivity contribution is -0.150. The highest BCUT2D eigenvalue weighted by Crippen LogP contribution is 2.19. The first-order chi connectivity index (χ1) is 8.09. The highest BCUT2D eigenvalue weighted by molar-refractivity contribution is 5.87. The van der Waals surface area contributed by atoms with Gasteiger partial charge in [0.2, 0.25) is 5.91 Å². The standard InChI is InChI=1S/C10H16N2O5/c13-6-3-8(10(15)16)12(4-6)9(14)7-5-17-2-1-11-7/h6-8,11,13H,1-5H2,(H,15,16)/t6-,7?,8-/m0/s1. The maximum Gasteiger partial charge on any atom is 0.326 e. The van der Waals surface area contributed by atoms with E-state index in [-0.39, 0.29) is 25.5 Å². The number of amides is 1. The van der Waals surface area contributed by atoms with E-state index in [2.05, 4.69) is 5.32 Å². The maximum atomic E-state index is 12.1. The molecule has 3 N–H and O–H groups in total. The van der Waals surface area contributed by atoms with Gasteiger partial charge in [0.15, 0.2) is 0 Å². The predicted molar refractivity (Wildman–Crippen MR) is 56.4 cm³/mol. The number of β-amino-alcohol motifs (C(OH)–C–C–N with tert-alkyl or cyclic N) is 1. The van der Waals surface area contributed by atoms with Crippen LogP contribution in [0.2, 0.25) is 0 Å². The second-order valence-corrected chi connectivity index (χ2v) is 4.32. The molecule has 2 rings (SSSR count). The van der Waals surface area contributed by atoms with Gasteiger partial charge in [0, 0.05) is 19.5 Å². The molecular weight excluding hydrogens is 228 g/mol. The van der Waals surface area contributed by atoms with Gasteiger partial charge >= 0.3 is 5.97 Å². The number of aliphatic hydroxyl groups is 1. The highest BCUT2D eigenvalue weighted by Gasteiger charge is 2.41. The minimum absolute atomic E-state index is 0.0774. The quantitative estimate of drug-likeness (QED) is 0.520. The Balaban J connectivity index is 2.04. The van der Waals surface area contributed by atoms with Crippen LogP contribution in [0.3, 0.4) is 0 Å². The third-order valence-electron chi connectivity index (χ3n) is 3.07. The number of carbonyl (C=O) groups excluding carboxylic acids is 1. The SMILES string of the molecule is O=C(O)[C@@H]1C[C@H](O)CN1C(=O)C1COCCN1. The third kappa shape index (κ3) is 2.56. The number of nitrogens with one attached hydrogen (secondary N) is 1. The van der Waals surface area contributed by atoms with E-state index in [1.54, 1.807) is 0 Å². The average molecular weight is 244 g/mol. The van der Waals surface area contributed by atoms with E-state index in [1.807, 2.05) is 0 Å². The Morgan fingerprint density at radius 1 is 1.41 bits per heavy atom. The smallest absolute Gasteiger partial charge is 0.326 e. The fraction of sp³-hybridized carbons (Fsp3) is 0.800. The number of carboxylic acid groups (broad SMARTS) is 1. The van der Waals surface area contributed by atoms with Crippen LogP contribution < -0.4 is 5.32 Å². The molecule has 0 aromatic rings. The van der Waals surface area contributed by atoms with Gasteiger partial charge in [0.1, 0.15) is 12.1 Å². The van der Waals surface area contributed by atoms with E-state index < -0.39 is 24.2 Å². The Labute approximate surface area is 98.3 Å². The van der Waals surface area contributed by atoms with Crippen LogP contribution in [0.1, 0.15) is 6.42 Å². The molecule has 96 valence electrons. The van der Waals surface area contributed by atoms with Gasteiger partial charge in [0.05, 0.1) is 19.3 Å². The van der Waals surface area contributed by atoms with Crippen molar-refractivity contribution in [3.05, 3.63) is 0 Å². The summed E-state index contributed by atoms with van der Waals surface area (Å²) in [7, 11) is 0. The normalized spacial score (nSPS) is 33.7. The first-order valence-corrected chi connectivity index (χ1v) is 5.62. The number of aliphatic hydroxyl groups excluding tert-OH is 1. The van der Waals surface area contributed by atoms with Crippen molar-refractivity contribution in [3.63, 3.8) is 0 Å². The lowest BCUT2D eigenvalue weighted by Gasteiger charge is -2.29. The first-order valence-electron chi connectivity index (χ1n) is 5.62. The van der Waals surface area contributed by atoms with Crippen LogP contribution in [-0.4, -0.2) is 71.5 Å². The second-order valence-electron chi connectivity index (χ2n) is 4.32. The van der Waals surface area contributed by atoms with E-state index >= 15 is 0 Å². The van der Waals surface area contributed by atoms with E-state index in [4.69, 9.17) is 9.84 Å². The molecule has 2 heterocycles. The van der Waals surface area contributed by atoms with E-state index in [1.165, 1.54) is 4.90 Å². The van der Waals surface area contributed by atoms with Crippen molar-refractivity contribution in [2.45, 2.75) is 24.6 Å². The van der Waals surface area contributed by atoms with Crippen molar-refractivity contribution >= 4 is 11.9 Å². The fourth-order valence-corrected chi connectivity index (χ4v) is 2.22. The Bertz CT molecular complexity index is 316. The van der Waals surface area contributed by atoms with Crippen molar-refractivity contribution < 1.29 is 24.5 Å². The van der Waals surface area contributed by atoms with Crippen LogP contribution in [0.15, 0.2) is 0 Å². The van der Waals surface area contributed by atoms with E-state index in [9.17, 15) is 14.7 Å². The Hall–Kier alpha value is -1.18. The molecule has 3 atom stereocenters. The molecule has 0 bridgehead atoms. The molecule has 2 aliphatic heterocycles. The molecular formula is C10H16N2O5. The zero-order valence-corrected chi connectivity index (χ0v) is 9.33. The summed E-state index contributed by atoms with van der Waals surface area (Å²) in [6.45, 7) is 1.45. The summed E-state index contributed by atoms with van der Waals surface area (Å²) in [4.78, 5) is 24.3. The van der Waals surface area contributed by atoms with Crippen molar-refractivity contribution in [2.24, 2.45) is 0 Å². The van der Waals surface area contributed by atoms with Crippen molar-refractivity contribution in [3.8, 4) is 0 Å². The van der Waals surface area contributed by atoms with Gasteiger partial charge in [0.25, 0.3) is 0 Å². The summed E-state index contributed by atoms with van der Waals surface area (Å²) in [6.07, 6.45) is -0.668. The van der Waals surface area contributed by atoms with Crippen LogP contribution in [-0.2, 0) is 14.3 Å². The number of morpholine rings is 1. The second kappa shape index (κ2) is 4.99. The molecule has 0 aliphatic carbocycles. The van der Waals surface area contributed by atoms with Crippen LogP contribution in [0.5, 0.6) is 0 Å². The number of carboxylic acids is 1. The molecule has 1 unspecified atom stereocenters. The minimum atomic E-state index is -1.08. The zero-order chi connectivity index (χ0) is 12.4. The number of likely N-dealkylation sites (tertiary alicyclic amines) is 1. The van der Waals surface area contributed by atoms with Crippen LogP contribution in [0.25, 0.3) is 0 Å². The number of rotatable bonds is 2. The monoisotopic (exact) mass is 244 g/mol. The molecule has 1 amide bonds. The van der Waals surface area contributed by atoms with Gasteiger partial charge in [-0.1, -0.05) is 0 Å². The summed E-state index contributed by atoms with van der Waals surface area (Å²) in [6, 6.07) is -1.43. The summed E-state index contributed by atoms with van der Waals surface area (Å²) in [5, 5.41) is 21.4. The number of hydrogen-bond donors (Lipinski definition) is 3. The summed E-state index contributed by atoms with van der Waals surface area (Å²) in [5.41, 5.74) is 0. The maximum absolute atomic E-state index is 12.1. The molecule has 0 aromatic heterocycles. The van der Waals surface area contributed by atoms with Gasteiger partial charge in [-0.3, -0.25) is 4.79 Å². The molecule has 0 saturated carbocycles. The van der Waals surface area contributed by atoms with Gasteiger partial charge in [-0.2, -0.15) is 0 Å². The third-order valence-corrected chi connectivity index (χ3v) is 3.07. The molecule has 2 aliphatic rings. The van der Waals surface area contributed by atoms with Gasteiger partial charge in [-0.05, 0) is 0 Å². The van der Waals surface area contributed by atoms with Gasteiger partial charge in [-0.15, -0.1) is 0 Å². The van der Waals surface area contributed by atoms with E-state index in [0.29, 0.717) is 13.2 Å². The number of ether oxygens (including phenoxy) is 1. The van der Waals surface area contributed by atoms with Gasteiger partial charge in [-0.25, -0.2) is 4.79 Å². The topological polar surface area (TPSA) is 99.1 Å². The summed E-state index contributed by atoms with van der Waals surface area (Å²) >= 11 is 0. The Morgan fingerprint density at radius 2 is 2.18 bits per heavy atom. The van der Waals surface area contributed by atoms with Crippen molar-refractivity contribution in [1.82, 2.24) is 10.2 Å². The lowest BCUT2D eigenvalue weighted by atomic mass is 10.2. The summed E-state index contributed by atoms with van der Waals surface area (Å²) in [5.74, 6) is -1.39. The fourth-order valence-electron chi connectivity index (χ4n) is 2.22. The highest BCUT2D eigenvalue weighted by atomic mass is 16.5. The minimum Gasteiger partial charge on any atom is -0.480 e. The van der Waals surface area contributed by atoms with Crippen molar-refractivity contribution in [2.75, 3.05) is 26.3 Å². The number of carbonyl (C=O) groups is 2. The molecule has 0 spiro atoms. The molecule has 2 saturated heterocycles. The molecule has 7 heteroatoms. The summed E-state index contributed by atoms with van der Waals surface area (Å²) < 4.78 is 5.17. The number of nitrogens with zero attached hydrogens (tertiary/aromatic N) is 1. The number of aliphatic carboxylic acids is 1. The molecule has 0 aromatic carbocycles. The van der Waals surface area contributed by atoms with Gasteiger partial charge < -0.3 is 25.2 Å². The Morgan fingerprint density at radius 3 is 2.76 bits per heavy atom. The number of hydrogen-bond acceptors (Lipinski definition) is 5. The van der Waals surface area contributed by atoms with Crippen LogP contribution in [0.4, 0.5) is 0 Å². The van der Waals surface area contributed by atoms with Crippen LogP contribution >= 0.6 is 0 Å². The van der Waals surface area contributed by atoms with Crippen LogP contribution in [0, 0.1) is 0 Å². The molecule has 7 nitrogen and oxygen atoms in total. The Kier molecular flexibility index (Phi) is 3.60. The largest absolute Gasteiger partial charge is 0.480 e. The average Bonchev–Trinajstić information content (AvgIpc) is 2.72. The van der Waals surface area contributed by atoms with E-state index in [0.717, 1.165) is 0 Å². The zero-order valence-electron chi connectivity index (χ0n) is 9.33. The first kappa shape index (κ1) is 12.3.